The Morgan fingerprint density at radius 2 is 1.75 bits per heavy atom. The Balaban J connectivity index is 1.91. The largest absolute Gasteiger partial charge is 0.497 e. The van der Waals surface area contributed by atoms with Gasteiger partial charge >= 0.3 is 5.97 Å². The molecule has 2 rings (SSSR count). The standard InChI is InChI=1S/C31H47ClFNO5Si/c1-8-9-19-37-30(35)29(39-40(6,7)31(2,3)4)11-10-17-34-18-16-23-20-24(33)21-28(32)27(23)22-38-26-14-12-25(36-5)13-15-26/h12-15,20-21,29,34H,8-11,16-19,22H2,1-7H3/t29-/m0/s1. The molecule has 0 aliphatic carbocycles. The van der Waals surface area contributed by atoms with Gasteiger partial charge in [0.2, 0.25) is 0 Å². The van der Waals surface area contributed by atoms with Crippen molar-refractivity contribution in [2.24, 2.45) is 0 Å². The van der Waals surface area contributed by atoms with E-state index in [2.05, 4.69) is 46.1 Å². The summed E-state index contributed by atoms with van der Waals surface area (Å²) < 4.78 is 37.2. The number of nitrogens with one attached hydrogen (secondary N) is 1. The molecule has 1 atom stereocenters. The smallest absolute Gasteiger partial charge is 0.334 e. The lowest BCUT2D eigenvalue weighted by molar-refractivity contribution is -0.153. The minimum atomic E-state index is -2.14. The van der Waals surface area contributed by atoms with E-state index in [1.54, 1.807) is 7.11 Å². The lowest BCUT2D eigenvalue weighted by Crippen LogP contribution is -2.46. The molecule has 0 aromatic heterocycles. The third-order valence-corrected chi connectivity index (χ3v) is 12.2. The van der Waals surface area contributed by atoms with Crippen molar-refractivity contribution in [2.45, 2.75) is 90.6 Å². The zero-order valence-corrected chi connectivity index (χ0v) is 27.0. The molecular formula is C31H47ClFNO5Si. The molecule has 0 saturated carbocycles. The SMILES string of the molecule is CCCCOC(=O)[C@H](CCCNCCc1cc(F)cc(Cl)c1COc1ccc(OC)cc1)O[Si](C)(C)C(C)(C)C. The molecule has 2 aromatic carbocycles. The van der Waals surface area contributed by atoms with Gasteiger partial charge in [0.25, 0.3) is 0 Å². The number of ether oxygens (including phenoxy) is 3. The Labute approximate surface area is 246 Å². The average Bonchev–Trinajstić information content (AvgIpc) is 2.89. The first-order valence-corrected chi connectivity index (χ1v) is 17.5. The van der Waals surface area contributed by atoms with E-state index in [0.29, 0.717) is 43.3 Å². The zero-order chi connectivity index (χ0) is 29.8. The zero-order valence-electron chi connectivity index (χ0n) is 25.2. The van der Waals surface area contributed by atoms with E-state index in [-0.39, 0.29) is 23.4 Å². The number of benzene rings is 2. The maximum absolute atomic E-state index is 14.2. The Morgan fingerprint density at radius 1 is 1.07 bits per heavy atom. The Kier molecular flexibility index (Phi) is 13.9. The molecule has 9 heteroatoms. The average molecular weight is 596 g/mol. The molecule has 0 amide bonds. The van der Waals surface area contributed by atoms with E-state index in [1.807, 2.05) is 24.3 Å². The molecule has 0 aliphatic rings. The second-order valence-electron chi connectivity index (χ2n) is 11.5. The predicted octanol–water partition coefficient (Wildman–Crippen LogP) is 7.71. The van der Waals surface area contributed by atoms with Crippen LogP contribution in [0.4, 0.5) is 4.39 Å². The van der Waals surface area contributed by atoms with Gasteiger partial charge in [-0.25, -0.2) is 9.18 Å². The fourth-order valence-electron chi connectivity index (χ4n) is 3.80. The molecule has 2 aromatic rings. The molecule has 0 aliphatic heterocycles. The van der Waals surface area contributed by atoms with Crippen LogP contribution in [0.3, 0.4) is 0 Å². The summed E-state index contributed by atoms with van der Waals surface area (Å²) in [6, 6.07) is 10.1. The van der Waals surface area contributed by atoms with Crippen LogP contribution in [-0.4, -0.2) is 47.2 Å². The number of unbranched alkanes of at least 4 members (excludes halogenated alkanes) is 1. The van der Waals surface area contributed by atoms with Crippen molar-refractivity contribution in [3.05, 3.63) is 58.4 Å². The summed E-state index contributed by atoms with van der Waals surface area (Å²) in [4.78, 5) is 12.8. The first kappa shape index (κ1) is 34.1. The number of esters is 1. The predicted molar refractivity (Wildman–Crippen MR) is 162 cm³/mol. The monoisotopic (exact) mass is 595 g/mol. The van der Waals surface area contributed by atoms with Crippen molar-refractivity contribution >= 4 is 25.9 Å². The van der Waals surface area contributed by atoms with Crippen molar-refractivity contribution in [3.63, 3.8) is 0 Å². The van der Waals surface area contributed by atoms with Crippen molar-refractivity contribution in [2.75, 3.05) is 26.8 Å². The van der Waals surface area contributed by atoms with Gasteiger partial charge < -0.3 is 24.0 Å². The van der Waals surface area contributed by atoms with Gasteiger partial charge in [0.1, 0.15) is 30.0 Å². The Hall–Kier alpha value is -2.13. The van der Waals surface area contributed by atoms with Crippen molar-refractivity contribution < 1.29 is 27.8 Å². The third-order valence-electron chi connectivity index (χ3n) is 7.33. The molecular weight excluding hydrogens is 549 g/mol. The second kappa shape index (κ2) is 16.3. The van der Waals surface area contributed by atoms with E-state index in [9.17, 15) is 9.18 Å². The highest BCUT2D eigenvalue weighted by Gasteiger charge is 2.41. The van der Waals surface area contributed by atoms with Gasteiger partial charge in [0.15, 0.2) is 8.32 Å². The molecule has 40 heavy (non-hydrogen) atoms. The van der Waals surface area contributed by atoms with Crippen LogP contribution in [0.5, 0.6) is 11.5 Å². The molecule has 0 bridgehead atoms. The second-order valence-corrected chi connectivity index (χ2v) is 16.7. The van der Waals surface area contributed by atoms with Gasteiger partial charge in [-0.15, -0.1) is 0 Å². The van der Waals surface area contributed by atoms with Gasteiger partial charge in [0, 0.05) is 5.56 Å². The summed E-state index contributed by atoms with van der Waals surface area (Å²) in [6.45, 7) is 14.8. The first-order valence-electron chi connectivity index (χ1n) is 14.2. The van der Waals surface area contributed by atoms with E-state index >= 15 is 0 Å². The molecule has 6 nitrogen and oxygen atoms in total. The number of hydrogen-bond donors (Lipinski definition) is 1. The van der Waals surface area contributed by atoms with Gasteiger partial charge in [-0.3, -0.25) is 0 Å². The van der Waals surface area contributed by atoms with Crippen LogP contribution in [0, 0.1) is 5.82 Å². The molecule has 0 heterocycles. The van der Waals surface area contributed by atoms with Crippen LogP contribution >= 0.6 is 11.6 Å². The van der Waals surface area contributed by atoms with Crippen molar-refractivity contribution in [3.8, 4) is 11.5 Å². The summed E-state index contributed by atoms with van der Waals surface area (Å²) in [6.07, 6.45) is 3.16. The normalized spacial score (nSPS) is 12.7. The molecule has 0 fully saturated rings. The highest BCUT2D eigenvalue weighted by atomic mass is 35.5. The van der Waals surface area contributed by atoms with E-state index in [0.717, 1.165) is 36.1 Å². The number of halogens is 2. The number of hydrogen-bond acceptors (Lipinski definition) is 6. The Bertz CT molecular complexity index is 1060. The number of rotatable bonds is 17. The number of carbonyl (C=O) groups is 1. The van der Waals surface area contributed by atoms with Crippen LogP contribution in [0.25, 0.3) is 0 Å². The van der Waals surface area contributed by atoms with Crippen molar-refractivity contribution in [1.82, 2.24) is 5.32 Å². The molecule has 224 valence electrons. The minimum Gasteiger partial charge on any atom is -0.497 e. The summed E-state index contributed by atoms with van der Waals surface area (Å²) in [7, 11) is -0.530. The quantitative estimate of drug-likeness (QED) is 0.115. The van der Waals surface area contributed by atoms with Crippen LogP contribution in [0.2, 0.25) is 23.2 Å². The minimum absolute atomic E-state index is 0.00573. The fraction of sp³-hybridized carbons (Fsp3) is 0.581. The Morgan fingerprint density at radius 3 is 2.38 bits per heavy atom. The number of carbonyl (C=O) groups excluding carboxylic acids is 1. The maximum Gasteiger partial charge on any atom is 0.334 e. The van der Waals surface area contributed by atoms with E-state index in [4.69, 9.17) is 30.2 Å². The van der Waals surface area contributed by atoms with Crippen molar-refractivity contribution in [1.29, 1.82) is 0 Å². The van der Waals surface area contributed by atoms with Gasteiger partial charge in [-0.2, -0.15) is 0 Å². The highest BCUT2D eigenvalue weighted by molar-refractivity contribution is 6.74. The third kappa shape index (κ3) is 11.0. The van der Waals surface area contributed by atoms with Crippen LogP contribution in [0.1, 0.15) is 64.5 Å². The lowest BCUT2D eigenvalue weighted by atomic mass is 10.0. The van der Waals surface area contributed by atoms with Gasteiger partial charge in [0.05, 0.1) is 18.7 Å². The molecule has 1 N–H and O–H groups in total. The van der Waals surface area contributed by atoms with E-state index in [1.165, 1.54) is 12.1 Å². The summed E-state index contributed by atoms with van der Waals surface area (Å²) in [5.41, 5.74) is 1.56. The number of methoxy groups -OCH3 is 1. The van der Waals surface area contributed by atoms with Crippen LogP contribution in [0.15, 0.2) is 36.4 Å². The lowest BCUT2D eigenvalue weighted by Gasteiger charge is -2.38. The van der Waals surface area contributed by atoms with Crippen LogP contribution < -0.4 is 14.8 Å². The van der Waals surface area contributed by atoms with E-state index < -0.39 is 14.4 Å². The molecule has 0 spiro atoms. The fourth-order valence-corrected chi connectivity index (χ4v) is 5.36. The summed E-state index contributed by atoms with van der Waals surface area (Å²) in [5.74, 6) is 0.771. The molecule has 0 radical (unpaired) electrons. The summed E-state index contributed by atoms with van der Waals surface area (Å²) >= 11 is 6.39. The highest BCUT2D eigenvalue weighted by Crippen LogP contribution is 2.38. The topological polar surface area (TPSA) is 66.0 Å². The summed E-state index contributed by atoms with van der Waals surface area (Å²) in [5, 5.41) is 3.75. The molecule has 0 unspecified atom stereocenters. The first-order chi connectivity index (χ1) is 18.9. The van der Waals surface area contributed by atoms with Gasteiger partial charge in [-0.05, 0) is 98.9 Å². The maximum atomic E-state index is 14.2. The van der Waals surface area contributed by atoms with Gasteiger partial charge in [-0.1, -0.05) is 45.7 Å². The van der Waals surface area contributed by atoms with Crippen LogP contribution in [-0.2, 0) is 27.0 Å². The molecule has 0 saturated heterocycles.